The number of hydrogen-bond donors (Lipinski definition) is 1. The highest BCUT2D eigenvalue weighted by Crippen LogP contribution is 2.23. The second-order valence-corrected chi connectivity index (χ2v) is 7.14. The molecule has 0 aromatic carbocycles. The molecule has 116 valence electrons. The minimum atomic E-state index is -0.706. The zero-order chi connectivity index (χ0) is 14.5. The fourth-order valence-corrected chi connectivity index (χ4v) is 4.29. The van der Waals surface area contributed by atoms with E-state index in [1.165, 1.54) is 30.7 Å². The van der Waals surface area contributed by atoms with Gasteiger partial charge in [-0.1, -0.05) is 0 Å². The summed E-state index contributed by atoms with van der Waals surface area (Å²) in [6.07, 6.45) is 7.66. The van der Waals surface area contributed by atoms with E-state index >= 15 is 0 Å². The molecule has 0 saturated carbocycles. The lowest BCUT2D eigenvalue weighted by atomic mass is 10.1. The van der Waals surface area contributed by atoms with Crippen molar-refractivity contribution < 1.29 is 4.39 Å². The predicted molar refractivity (Wildman–Crippen MR) is 84.1 cm³/mol. The average molecular weight is 310 g/mol. The van der Waals surface area contributed by atoms with E-state index in [9.17, 15) is 4.39 Å². The molecule has 3 heterocycles. The van der Waals surface area contributed by atoms with Gasteiger partial charge in [-0.25, -0.2) is 14.4 Å². The second kappa shape index (κ2) is 7.51. The van der Waals surface area contributed by atoms with Crippen molar-refractivity contribution in [1.82, 2.24) is 20.2 Å². The normalized spacial score (nSPS) is 30.6. The van der Waals surface area contributed by atoms with E-state index in [-0.39, 0.29) is 6.04 Å². The highest BCUT2D eigenvalue weighted by molar-refractivity contribution is 7.99. The summed E-state index contributed by atoms with van der Waals surface area (Å²) in [4.78, 5) is 10.3. The van der Waals surface area contributed by atoms with Crippen LogP contribution in [-0.4, -0.2) is 57.7 Å². The third-order valence-corrected chi connectivity index (χ3v) is 5.49. The standard InChI is InChI=1S/C15H23FN4S/c16-13-4-15(7-19-14-2-1-3-21-10-14)20(9-13)8-12-5-17-11-18-6-12/h5-6,11,13-15,19H,1-4,7-10H2/t13-,14-,15-/m0/s1. The molecule has 2 saturated heterocycles. The van der Waals surface area contributed by atoms with Gasteiger partial charge in [0.25, 0.3) is 0 Å². The molecule has 3 rings (SSSR count). The fraction of sp³-hybridized carbons (Fsp3) is 0.733. The molecule has 6 heteroatoms. The topological polar surface area (TPSA) is 41.0 Å². The van der Waals surface area contributed by atoms with Gasteiger partial charge in [0.1, 0.15) is 12.5 Å². The summed E-state index contributed by atoms with van der Waals surface area (Å²) in [5, 5.41) is 3.64. The Bertz CT molecular complexity index is 427. The lowest BCUT2D eigenvalue weighted by molar-refractivity contribution is 0.226. The number of hydrogen-bond acceptors (Lipinski definition) is 5. The number of aromatic nitrogens is 2. The molecule has 2 aliphatic rings. The van der Waals surface area contributed by atoms with Crippen LogP contribution in [0.1, 0.15) is 24.8 Å². The van der Waals surface area contributed by atoms with Gasteiger partial charge in [0.05, 0.1) is 0 Å². The highest BCUT2D eigenvalue weighted by atomic mass is 32.2. The number of nitrogens with zero attached hydrogens (tertiary/aromatic N) is 3. The maximum atomic E-state index is 13.8. The maximum absolute atomic E-state index is 13.8. The first-order valence-electron chi connectivity index (χ1n) is 7.74. The van der Waals surface area contributed by atoms with Crippen LogP contribution in [0.25, 0.3) is 0 Å². The molecule has 2 aliphatic heterocycles. The van der Waals surface area contributed by atoms with Gasteiger partial charge in [-0.3, -0.25) is 4.90 Å². The van der Waals surface area contributed by atoms with Crippen LogP contribution in [0.2, 0.25) is 0 Å². The molecule has 0 bridgehead atoms. The zero-order valence-corrected chi connectivity index (χ0v) is 13.1. The van der Waals surface area contributed by atoms with Gasteiger partial charge in [0.15, 0.2) is 0 Å². The van der Waals surface area contributed by atoms with Crippen molar-refractivity contribution in [3.63, 3.8) is 0 Å². The Kier molecular flexibility index (Phi) is 5.43. The van der Waals surface area contributed by atoms with Crippen molar-refractivity contribution in [3.8, 4) is 0 Å². The summed E-state index contributed by atoms with van der Waals surface area (Å²) in [5.41, 5.74) is 1.06. The first kappa shape index (κ1) is 15.2. The van der Waals surface area contributed by atoms with Crippen LogP contribution in [0.4, 0.5) is 4.39 Å². The quantitative estimate of drug-likeness (QED) is 0.899. The lowest BCUT2D eigenvalue weighted by Gasteiger charge is -2.28. The van der Waals surface area contributed by atoms with Gasteiger partial charge in [0.2, 0.25) is 0 Å². The van der Waals surface area contributed by atoms with Crippen LogP contribution in [0, 0.1) is 0 Å². The van der Waals surface area contributed by atoms with E-state index in [0.29, 0.717) is 19.0 Å². The van der Waals surface area contributed by atoms with E-state index in [4.69, 9.17) is 0 Å². The summed E-state index contributed by atoms with van der Waals surface area (Å²) < 4.78 is 13.8. The summed E-state index contributed by atoms with van der Waals surface area (Å²) in [6, 6.07) is 0.886. The Hall–Kier alpha value is -0.720. The summed E-state index contributed by atoms with van der Waals surface area (Å²) in [5.74, 6) is 2.48. The van der Waals surface area contributed by atoms with E-state index in [1.54, 1.807) is 0 Å². The number of thioether (sulfide) groups is 1. The van der Waals surface area contributed by atoms with E-state index in [1.807, 2.05) is 24.2 Å². The molecule has 0 radical (unpaired) electrons. The molecule has 4 nitrogen and oxygen atoms in total. The molecule has 0 aliphatic carbocycles. The van der Waals surface area contributed by atoms with Gasteiger partial charge >= 0.3 is 0 Å². The minimum absolute atomic E-state index is 0.284. The van der Waals surface area contributed by atoms with E-state index in [2.05, 4.69) is 20.2 Å². The van der Waals surface area contributed by atoms with Crippen LogP contribution in [-0.2, 0) is 6.54 Å². The van der Waals surface area contributed by atoms with Crippen molar-refractivity contribution in [2.24, 2.45) is 0 Å². The Morgan fingerprint density at radius 2 is 2.24 bits per heavy atom. The second-order valence-electron chi connectivity index (χ2n) is 5.99. The van der Waals surface area contributed by atoms with Crippen molar-refractivity contribution in [2.45, 2.75) is 44.1 Å². The zero-order valence-electron chi connectivity index (χ0n) is 12.2. The lowest BCUT2D eigenvalue weighted by Crippen LogP contribution is -2.43. The SMILES string of the molecule is F[C@H]1C[C@@H](CN[C@H]2CCCSC2)N(Cc2cncnc2)C1. The van der Waals surface area contributed by atoms with Gasteiger partial charge in [-0.2, -0.15) is 11.8 Å². The van der Waals surface area contributed by atoms with Crippen LogP contribution >= 0.6 is 11.8 Å². The Morgan fingerprint density at radius 1 is 1.38 bits per heavy atom. The van der Waals surface area contributed by atoms with Crippen molar-refractivity contribution >= 4 is 11.8 Å². The van der Waals surface area contributed by atoms with Gasteiger partial charge in [-0.05, 0) is 25.0 Å². The van der Waals surface area contributed by atoms with Gasteiger partial charge < -0.3 is 5.32 Å². The van der Waals surface area contributed by atoms with Crippen LogP contribution in [0.15, 0.2) is 18.7 Å². The largest absolute Gasteiger partial charge is 0.312 e. The molecule has 2 fully saturated rings. The van der Waals surface area contributed by atoms with Crippen LogP contribution < -0.4 is 5.32 Å². The minimum Gasteiger partial charge on any atom is -0.312 e. The fourth-order valence-electron chi connectivity index (χ4n) is 3.18. The third kappa shape index (κ3) is 4.37. The number of rotatable bonds is 5. The molecule has 21 heavy (non-hydrogen) atoms. The average Bonchev–Trinajstić information content (AvgIpc) is 2.87. The molecule has 1 aromatic heterocycles. The molecule has 0 amide bonds. The van der Waals surface area contributed by atoms with Gasteiger partial charge in [-0.15, -0.1) is 0 Å². The first-order valence-corrected chi connectivity index (χ1v) is 8.90. The monoisotopic (exact) mass is 310 g/mol. The summed E-state index contributed by atoms with van der Waals surface area (Å²) in [7, 11) is 0. The Morgan fingerprint density at radius 3 is 3.00 bits per heavy atom. The molecule has 0 unspecified atom stereocenters. The Balaban J connectivity index is 1.52. The van der Waals surface area contributed by atoms with Crippen LogP contribution in [0.3, 0.4) is 0 Å². The molecule has 1 aromatic rings. The number of nitrogens with one attached hydrogen (secondary N) is 1. The third-order valence-electron chi connectivity index (χ3n) is 4.28. The molecule has 3 atom stereocenters. The maximum Gasteiger partial charge on any atom is 0.115 e. The van der Waals surface area contributed by atoms with E-state index < -0.39 is 6.17 Å². The van der Waals surface area contributed by atoms with Crippen molar-refractivity contribution in [3.05, 3.63) is 24.3 Å². The molecular weight excluding hydrogens is 287 g/mol. The Labute approximate surface area is 129 Å². The van der Waals surface area contributed by atoms with Gasteiger partial charge in [0, 0.05) is 55.4 Å². The predicted octanol–water partition coefficient (Wildman–Crippen LogP) is 1.87. The smallest absolute Gasteiger partial charge is 0.115 e. The van der Waals surface area contributed by atoms with Crippen molar-refractivity contribution in [2.75, 3.05) is 24.6 Å². The molecular formula is C15H23FN4S. The number of halogens is 1. The number of likely N-dealkylation sites (tertiary alicyclic amines) is 1. The van der Waals surface area contributed by atoms with Crippen LogP contribution in [0.5, 0.6) is 0 Å². The number of alkyl halides is 1. The van der Waals surface area contributed by atoms with E-state index in [0.717, 1.165) is 18.7 Å². The highest BCUT2D eigenvalue weighted by Gasteiger charge is 2.32. The first-order chi connectivity index (χ1) is 10.3. The summed E-state index contributed by atoms with van der Waals surface area (Å²) in [6.45, 7) is 2.16. The van der Waals surface area contributed by atoms with Crippen molar-refractivity contribution in [1.29, 1.82) is 0 Å². The molecule has 1 N–H and O–H groups in total. The summed E-state index contributed by atoms with van der Waals surface area (Å²) >= 11 is 2.02. The molecule has 0 spiro atoms.